The van der Waals surface area contributed by atoms with E-state index in [1.165, 1.54) is 57.8 Å². The van der Waals surface area contributed by atoms with Crippen LogP contribution in [-0.4, -0.2) is 17.7 Å². The molecule has 1 amide bonds. The quantitative estimate of drug-likeness (QED) is 0.734. The minimum absolute atomic E-state index is 0.167. The van der Waals surface area contributed by atoms with Crippen molar-refractivity contribution in [1.29, 1.82) is 5.26 Å². The molecule has 0 aromatic heterocycles. The smallest absolute Gasteiger partial charge is 0.230 e. The molecule has 1 N–H and O–H groups in total. The summed E-state index contributed by atoms with van der Waals surface area (Å²) in [7, 11) is 0. The van der Waals surface area contributed by atoms with Crippen LogP contribution in [-0.2, 0) is 10.5 Å². The zero-order valence-corrected chi connectivity index (χ0v) is 16.7. The summed E-state index contributed by atoms with van der Waals surface area (Å²) in [6.45, 7) is 0. The Morgan fingerprint density at radius 2 is 1.50 bits per heavy atom. The van der Waals surface area contributed by atoms with Gasteiger partial charge in [0.15, 0.2) is 0 Å². The van der Waals surface area contributed by atoms with Crippen LogP contribution in [0.5, 0.6) is 0 Å². The first kappa shape index (κ1) is 20.8. The highest BCUT2D eigenvalue weighted by Crippen LogP contribution is 2.18. The normalized spacial score (nSPS) is 17.5. The lowest BCUT2D eigenvalue weighted by Gasteiger charge is -2.19. The summed E-state index contributed by atoms with van der Waals surface area (Å²) in [6.07, 6.45) is 14.2. The number of nitrogens with one attached hydrogen (secondary N) is 1. The van der Waals surface area contributed by atoms with Gasteiger partial charge in [0.2, 0.25) is 5.91 Å². The lowest BCUT2D eigenvalue weighted by molar-refractivity contribution is -0.119. The van der Waals surface area contributed by atoms with Gasteiger partial charge in [-0.15, -0.1) is 11.8 Å². The van der Waals surface area contributed by atoms with Gasteiger partial charge in [0.05, 0.1) is 17.4 Å². The Bertz CT molecular complexity index is 553. The lowest BCUT2D eigenvalue weighted by Crippen LogP contribution is -2.36. The largest absolute Gasteiger partial charge is 0.353 e. The van der Waals surface area contributed by atoms with Crippen molar-refractivity contribution in [3.05, 3.63) is 35.4 Å². The van der Waals surface area contributed by atoms with Gasteiger partial charge >= 0.3 is 0 Å². The molecule has 0 radical (unpaired) electrons. The van der Waals surface area contributed by atoms with Gasteiger partial charge in [-0.25, -0.2) is 0 Å². The predicted octanol–water partition coefficient (Wildman–Crippen LogP) is 5.58. The van der Waals surface area contributed by atoms with Gasteiger partial charge in [-0.05, 0) is 30.5 Å². The van der Waals surface area contributed by atoms with Gasteiger partial charge < -0.3 is 5.32 Å². The molecule has 0 unspecified atom stereocenters. The summed E-state index contributed by atoms with van der Waals surface area (Å²) in [6, 6.07) is 10.1. The standard InChI is InChI=1S/C22H32N2OS/c23-16-19-12-14-20(15-13-19)17-26-18-22(25)24-21-10-8-6-4-2-1-3-5-7-9-11-21/h12-15,21H,1-11,17-18H2,(H,24,25). The minimum Gasteiger partial charge on any atom is -0.353 e. The molecular weight excluding hydrogens is 340 g/mol. The molecule has 1 aliphatic carbocycles. The maximum absolute atomic E-state index is 12.3. The number of hydrogen-bond acceptors (Lipinski definition) is 3. The summed E-state index contributed by atoms with van der Waals surface area (Å²) >= 11 is 1.64. The van der Waals surface area contributed by atoms with E-state index in [0.717, 1.165) is 24.2 Å². The topological polar surface area (TPSA) is 52.9 Å². The van der Waals surface area contributed by atoms with E-state index in [1.54, 1.807) is 11.8 Å². The molecule has 1 aromatic rings. The first-order valence-electron chi connectivity index (χ1n) is 10.1. The van der Waals surface area contributed by atoms with Crippen LogP contribution < -0.4 is 5.32 Å². The SMILES string of the molecule is N#Cc1ccc(CSCC(=O)NC2CCCCCCCCCCC2)cc1. The second kappa shape index (κ2) is 12.8. The van der Waals surface area contributed by atoms with Crippen LogP contribution in [0.25, 0.3) is 0 Å². The Kier molecular flexibility index (Phi) is 10.3. The van der Waals surface area contributed by atoms with E-state index in [0.29, 0.717) is 17.4 Å². The zero-order valence-electron chi connectivity index (χ0n) is 15.8. The van der Waals surface area contributed by atoms with Gasteiger partial charge in [-0.1, -0.05) is 69.9 Å². The Morgan fingerprint density at radius 3 is 2.04 bits per heavy atom. The molecule has 1 aliphatic rings. The number of nitriles is 1. The monoisotopic (exact) mass is 372 g/mol. The summed E-state index contributed by atoms with van der Waals surface area (Å²) < 4.78 is 0. The zero-order chi connectivity index (χ0) is 18.5. The highest BCUT2D eigenvalue weighted by atomic mass is 32.2. The Morgan fingerprint density at radius 1 is 0.962 bits per heavy atom. The van der Waals surface area contributed by atoms with Crippen LogP contribution in [0.1, 0.15) is 81.8 Å². The highest BCUT2D eigenvalue weighted by molar-refractivity contribution is 7.99. The van der Waals surface area contributed by atoms with Gasteiger partial charge in [0.1, 0.15) is 0 Å². The van der Waals surface area contributed by atoms with Crippen LogP contribution in [0.4, 0.5) is 0 Å². The van der Waals surface area contributed by atoms with Crippen molar-refractivity contribution in [2.45, 2.75) is 82.4 Å². The fraction of sp³-hybridized carbons (Fsp3) is 0.636. The average molecular weight is 373 g/mol. The molecule has 26 heavy (non-hydrogen) atoms. The van der Waals surface area contributed by atoms with Gasteiger partial charge in [-0.3, -0.25) is 4.79 Å². The molecule has 3 nitrogen and oxygen atoms in total. The Hall–Kier alpha value is -1.47. The summed E-state index contributed by atoms with van der Waals surface area (Å²) in [4.78, 5) is 12.3. The molecule has 4 heteroatoms. The Labute approximate surface area is 162 Å². The number of thioether (sulfide) groups is 1. The molecular formula is C22H32N2OS. The van der Waals surface area contributed by atoms with Crippen LogP contribution >= 0.6 is 11.8 Å². The molecule has 0 saturated heterocycles. The fourth-order valence-corrected chi connectivity index (χ4v) is 4.31. The maximum Gasteiger partial charge on any atom is 0.230 e. The third-order valence-electron chi connectivity index (χ3n) is 5.06. The van der Waals surface area contributed by atoms with Crippen LogP contribution in [0.2, 0.25) is 0 Å². The minimum atomic E-state index is 0.167. The van der Waals surface area contributed by atoms with Gasteiger partial charge in [-0.2, -0.15) is 5.26 Å². The van der Waals surface area contributed by atoms with E-state index in [9.17, 15) is 4.79 Å². The number of benzene rings is 1. The summed E-state index contributed by atoms with van der Waals surface area (Å²) in [5.41, 5.74) is 1.84. The second-order valence-corrected chi connectivity index (χ2v) is 8.31. The molecule has 142 valence electrons. The molecule has 1 fully saturated rings. The van der Waals surface area contributed by atoms with E-state index in [1.807, 2.05) is 24.3 Å². The first-order valence-corrected chi connectivity index (χ1v) is 11.3. The van der Waals surface area contributed by atoms with Crippen molar-refractivity contribution in [3.8, 4) is 6.07 Å². The number of hydrogen-bond donors (Lipinski definition) is 1. The molecule has 0 spiro atoms. The number of carbonyl (C=O) groups excluding carboxylic acids is 1. The van der Waals surface area contributed by atoms with E-state index in [2.05, 4.69) is 11.4 Å². The molecule has 0 bridgehead atoms. The summed E-state index contributed by atoms with van der Waals surface area (Å²) in [5, 5.41) is 12.1. The van der Waals surface area contributed by atoms with E-state index in [4.69, 9.17) is 5.26 Å². The molecule has 1 aromatic carbocycles. The van der Waals surface area contributed by atoms with Crippen molar-refractivity contribution in [1.82, 2.24) is 5.32 Å². The van der Waals surface area contributed by atoms with Crippen LogP contribution in [0, 0.1) is 11.3 Å². The van der Waals surface area contributed by atoms with Crippen molar-refractivity contribution >= 4 is 17.7 Å². The third-order valence-corrected chi connectivity index (χ3v) is 6.06. The molecule has 2 rings (SSSR count). The molecule has 1 saturated carbocycles. The number of amides is 1. The molecule has 0 atom stereocenters. The van der Waals surface area contributed by atoms with Crippen LogP contribution in [0.15, 0.2) is 24.3 Å². The summed E-state index contributed by atoms with van der Waals surface area (Å²) in [5.74, 6) is 1.49. The second-order valence-electron chi connectivity index (χ2n) is 7.33. The van der Waals surface area contributed by atoms with Gasteiger partial charge in [0, 0.05) is 11.8 Å². The van der Waals surface area contributed by atoms with Crippen LogP contribution in [0.3, 0.4) is 0 Å². The maximum atomic E-state index is 12.3. The predicted molar refractivity (Wildman–Crippen MR) is 110 cm³/mol. The van der Waals surface area contributed by atoms with Crippen molar-refractivity contribution in [3.63, 3.8) is 0 Å². The van der Waals surface area contributed by atoms with E-state index >= 15 is 0 Å². The fourth-order valence-electron chi connectivity index (χ4n) is 3.51. The lowest BCUT2D eigenvalue weighted by atomic mass is 9.98. The van der Waals surface area contributed by atoms with E-state index in [-0.39, 0.29) is 5.91 Å². The third kappa shape index (κ3) is 8.76. The number of rotatable bonds is 5. The van der Waals surface area contributed by atoms with Crippen molar-refractivity contribution < 1.29 is 4.79 Å². The van der Waals surface area contributed by atoms with Crippen molar-refractivity contribution in [2.75, 3.05) is 5.75 Å². The Balaban J connectivity index is 1.68. The number of nitrogens with zero attached hydrogens (tertiary/aromatic N) is 1. The average Bonchev–Trinajstić information content (AvgIpc) is 2.64. The first-order chi connectivity index (χ1) is 12.8. The molecule has 0 heterocycles. The molecule has 0 aliphatic heterocycles. The van der Waals surface area contributed by atoms with Crippen molar-refractivity contribution in [2.24, 2.45) is 0 Å². The van der Waals surface area contributed by atoms with Gasteiger partial charge in [0.25, 0.3) is 0 Å². The number of carbonyl (C=O) groups is 1. The van der Waals surface area contributed by atoms with E-state index < -0.39 is 0 Å². The highest BCUT2D eigenvalue weighted by Gasteiger charge is 2.12.